The first kappa shape index (κ1) is 14.4. The summed E-state index contributed by atoms with van der Waals surface area (Å²) < 4.78 is 27.9. The fourth-order valence-corrected chi connectivity index (χ4v) is 2.59. The lowest BCUT2D eigenvalue weighted by atomic mass is 10.1. The molecule has 0 amide bonds. The van der Waals surface area contributed by atoms with Crippen LogP contribution in [0.25, 0.3) is 33.5 Å². The van der Waals surface area contributed by atoms with E-state index in [1.807, 2.05) is 30.3 Å². The number of hydrogen-bond acceptors (Lipinski definition) is 3. The zero-order valence-electron chi connectivity index (χ0n) is 12.4. The number of benzene rings is 2. The Hall–Kier alpha value is -3.21. The van der Waals surface area contributed by atoms with E-state index in [0.29, 0.717) is 5.82 Å². The molecule has 2 aromatic carbocycles. The van der Waals surface area contributed by atoms with Crippen LogP contribution in [0.2, 0.25) is 0 Å². The summed E-state index contributed by atoms with van der Waals surface area (Å²) in [5.41, 5.74) is 1.68. The fourth-order valence-electron chi connectivity index (χ4n) is 2.59. The average molecular weight is 319 g/mol. The van der Waals surface area contributed by atoms with E-state index in [9.17, 15) is 8.78 Å². The number of pyridine rings is 1. The molecular weight excluding hydrogens is 308 g/mol. The summed E-state index contributed by atoms with van der Waals surface area (Å²) in [7, 11) is 0. The first-order valence-electron chi connectivity index (χ1n) is 7.35. The highest BCUT2D eigenvalue weighted by atomic mass is 19.1. The number of halogens is 2. The van der Waals surface area contributed by atoms with Gasteiger partial charge in [0.25, 0.3) is 0 Å². The molecule has 0 aliphatic heterocycles. The van der Waals surface area contributed by atoms with Gasteiger partial charge < -0.3 is 0 Å². The quantitative estimate of drug-likeness (QED) is 0.540. The van der Waals surface area contributed by atoms with E-state index in [4.69, 9.17) is 0 Å². The van der Waals surface area contributed by atoms with E-state index in [-0.39, 0.29) is 11.3 Å². The predicted molar refractivity (Wildman–Crippen MR) is 88.1 cm³/mol. The van der Waals surface area contributed by atoms with E-state index in [2.05, 4.69) is 15.0 Å². The fraction of sp³-hybridized carbons (Fsp3) is 0. The van der Waals surface area contributed by atoms with Crippen LogP contribution in [0, 0.1) is 11.6 Å². The maximum Gasteiger partial charge on any atom is 0.159 e. The number of aromatic nitrogens is 3. The normalized spacial score (nSPS) is 10.9. The largest absolute Gasteiger partial charge is 0.256 e. The molecular formula is C19H11F2N3. The number of nitrogens with zero attached hydrogens (tertiary/aromatic N) is 3. The Kier molecular flexibility index (Phi) is 3.46. The van der Waals surface area contributed by atoms with Gasteiger partial charge in [-0.15, -0.1) is 0 Å². The second-order valence-electron chi connectivity index (χ2n) is 5.27. The monoisotopic (exact) mass is 319 g/mol. The van der Waals surface area contributed by atoms with Gasteiger partial charge in [-0.2, -0.15) is 0 Å². The minimum atomic E-state index is -0.651. The Morgan fingerprint density at radius 3 is 2.42 bits per heavy atom. The minimum Gasteiger partial charge on any atom is -0.256 e. The molecule has 2 aromatic heterocycles. The van der Waals surface area contributed by atoms with Gasteiger partial charge in [-0.25, -0.2) is 18.7 Å². The number of rotatable bonds is 2. The van der Waals surface area contributed by atoms with Gasteiger partial charge in [-0.3, -0.25) is 4.98 Å². The zero-order valence-corrected chi connectivity index (χ0v) is 12.4. The average Bonchev–Trinajstić information content (AvgIpc) is 2.61. The topological polar surface area (TPSA) is 38.7 Å². The molecule has 4 rings (SSSR count). The van der Waals surface area contributed by atoms with Crippen molar-refractivity contribution in [3.05, 3.63) is 78.6 Å². The maximum atomic E-state index is 14.0. The third-order valence-corrected chi connectivity index (χ3v) is 3.74. The summed E-state index contributed by atoms with van der Waals surface area (Å²) in [6.07, 6.45) is 3.22. The van der Waals surface area contributed by atoms with Crippen molar-refractivity contribution in [3.8, 4) is 22.6 Å². The van der Waals surface area contributed by atoms with Gasteiger partial charge in [0.15, 0.2) is 5.82 Å². The summed E-state index contributed by atoms with van der Waals surface area (Å²) in [5.74, 6) is -0.898. The first-order chi connectivity index (χ1) is 11.7. The van der Waals surface area contributed by atoms with Crippen molar-refractivity contribution in [3.63, 3.8) is 0 Å². The summed E-state index contributed by atoms with van der Waals surface area (Å²) in [6, 6.07) is 14.6. The van der Waals surface area contributed by atoms with Crippen LogP contribution < -0.4 is 0 Å². The maximum absolute atomic E-state index is 14.0. The first-order valence-corrected chi connectivity index (χ1v) is 7.35. The number of hydrogen-bond donors (Lipinski definition) is 0. The molecule has 0 saturated carbocycles. The Morgan fingerprint density at radius 2 is 1.58 bits per heavy atom. The van der Waals surface area contributed by atoms with Crippen LogP contribution in [-0.2, 0) is 0 Å². The van der Waals surface area contributed by atoms with Crippen molar-refractivity contribution in [1.29, 1.82) is 0 Å². The van der Waals surface area contributed by atoms with Crippen LogP contribution in [0.3, 0.4) is 0 Å². The molecule has 0 aliphatic carbocycles. The molecule has 0 aliphatic rings. The van der Waals surface area contributed by atoms with Crippen LogP contribution in [0.4, 0.5) is 8.78 Å². The van der Waals surface area contributed by atoms with Crippen molar-refractivity contribution in [2.24, 2.45) is 0 Å². The highest BCUT2D eigenvalue weighted by Crippen LogP contribution is 2.26. The third kappa shape index (κ3) is 2.50. The van der Waals surface area contributed by atoms with Crippen LogP contribution in [-0.4, -0.2) is 15.0 Å². The minimum absolute atomic E-state index is 0.149. The molecule has 24 heavy (non-hydrogen) atoms. The molecule has 0 radical (unpaired) electrons. The van der Waals surface area contributed by atoms with Crippen LogP contribution in [0.15, 0.2) is 67.0 Å². The molecule has 4 aromatic rings. The highest BCUT2D eigenvalue weighted by Gasteiger charge is 2.13. The Labute approximate surface area is 136 Å². The zero-order chi connectivity index (χ0) is 16.5. The van der Waals surface area contributed by atoms with E-state index < -0.39 is 11.6 Å². The molecule has 0 unspecified atom stereocenters. The van der Waals surface area contributed by atoms with E-state index in [0.717, 1.165) is 16.5 Å². The lowest BCUT2D eigenvalue weighted by Gasteiger charge is -2.07. The Bertz CT molecular complexity index is 1030. The molecule has 2 heterocycles. The van der Waals surface area contributed by atoms with E-state index in [1.54, 1.807) is 6.20 Å². The highest BCUT2D eigenvalue weighted by molar-refractivity contribution is 5.83. The van der Waals surface area contributed by atoms with Crippen molar-refractivity contribution < 1.29 is 8.78 Å². The molecule has 0 saturated heterocycles. The SMILES string of the molecule is Fc1cccc(F)c1-c1ccnc(-c2ccc3ncccc3c2)n1. The van der Waals surface area contributed by atoms with E-state index >= 15 is 0 Å². The van der Waals surface area contributed by atoms with Crippen molar-refractivity contribution in [2.45, 2.75) is 0 Å². The molecule has 0 bridgehead atoms. The van der Waals surface area contributed by atoms with Crippen molar-refractivity contribution in [2.75, 3.05) is 0 Å². The molecule has 3 nitrogen and oxygen atoms in total. The van der Waals surface area contributed by atoms with Gasteiger partial charge in [0.1, 0.15) is 11.6 Å². The summed E-state index contributed by atoms with van der Waals surface area (Å²) in [5, 5.41) is 0.945. The molecule has 0 spiro atoms. The lowest BCUT2D eigenvalue weighted by Crippen LogP contribution is -1.96. The smallest absolute Gasteiger partial charge is 0.159 e. The summed E-state index contributed by atoms with van der Waals surface area (Å²) >= 11 is 0. The molecule has 116 valence electrons. The molecule has 5 heteroatoms. The standard InChI is InChI=1S/C19H11F2N3/c20-14-4-1-5-15(21)18(14)17-8-10-23-19(24-17)13-6-7-16-12(11-13)3-2-9-22-16/h1-11H. The molecule has 0 N–H and O–H groups in total. The van der Waals surface area contributed by atoms with Gasteiger partial charge >= 0.3 is 0 Å². The predicted octanol–water partition coefficient (Wildman–Crippen LogP) is 4.64. The van der Waals surface area contributed by atoms with Crippen LogP contribution >= 0.6 is 0 Å². The third-order valence-electron chi connectivity index (χ3n) is 3.74. The van der Waals surface area contributed by atoms with Gasteiger partial charge in [-0.1, -0.05) is 12.1 Å². The van der Waals surface area contributed by atoms with Gasteiger partial charge in [0, 0.05) is 23.3 Å². The van der Waals surface area contributed by atoms with Crippen LogP contribution in [0.1, 0.15) is 0 Å². The van der Waals surface area contributed by atoms with E-state index in [1.165, 1.54) is 30.5 Å². The Morgan fingerprint density at radius 1 is 0.750 bits per heavy atom. The van der Waals surface area contributed by atoms with Gasteiger partial charge in [0.2, 0.25) is 0 Å². The summed E-state index contributed by atoms with van der Waals surface area (Å²) in [6.45, 7) is 0. The molecule has 0 fully saturated rings. The number of fused-ring (bicyclic) bond motifs is 1. The van der Waals surface area contributed by atoms with Crippen LogP contribution in [0.5, 0.6) is 0 Å². The van der Waals surface area contributed by atoms with Crippen molar-refractivity contribution >= 4 is 10.9 Å². The van der Waals surface area contributed by atoms with Crippen molar-refractivity contribution in [1.82, 2.24) is 15.0 Å². The van der Waals surface area contributed by atoms with Gasteiger partial charge in [-0.05, 0) is 42.5 Å². The Balaban J connectivity index is 1.85. The van der Waals surface area contributed by atoms with Gasteiger partial charge in [0.05, 0.1) is 16.8 Å². The second-order valence-corrected chi connectivity index (χ2v) is 5.27. The second kappa shape index (κ2) is 5.77. The summed E-state index contributed by atoms with van der Waals surface area (Å²) in [4.78, 5) is 12.8. The lowest BCUT2D eigenvalue weighted by molar-refractivity contribution is 0.588. The molecule has 0 atom stereocenters.